The molecule has 1 aliphatic heterocycles. The van der Waals surface area contributed by atoms with Gasteiger partial charge in [0.25, 0.3) is 6.43 Å². The second-order valence-corrected chi connectivity index (χ2v) is 5.16. The number of nitrogens with zero attached hydrogens (tertiary/aromatic N) is 1. The van der Waals surface area contributed by atoms with E-state index in [-0.39, 0.29) is 18.9 Å². The molecule has 0 unspecified atom stereocenters. The Balaban J connectivity index is 2.67. The van der Waals surface area contributed by atoms with Crippen molar-refractivity contribution >= 4 is 15.8 Å². The van der Waals surface area contributed by atoms with Crippen LogP contribution in [0.1, 0.15) is 12.8 Å². The highest BCUT2D eigenvalue weighted by molar-refractivity contribution is 7.89. The van der Waals surface area contributed by atoms with Crippen LogP contribution >= 0.6 is 0 Å². The highest BCUT2D eigenvalue weighted by Gasteiger charge is 2.29. The summed E-state index contributed by atoms with van der Waals surface area (Å²) in [4.78, 5) is 10.9. The van der Waals surface area contributed by atoms with Crippen LogP contribution in [0.3, 0.4) is 0 Å². The van der Waals surface area contributed by atoms with Crippen molar-refractivity contribution in [1.82, 2.24) is 4.31 Å². The second-order valence-electron chi connectivity index (χ2n) is 3.15. The van der Waals surface area contributed by atoms with E-state index in [2.05, 4.69) is 0 Å². The van der Waals surface area contributed by atoms with Crippen LogP contribution in [-0.4, -0.2) is 43.8 Å². The number of alkyl halides is 2. The van der Waals surface area contributed by atoms with Gasteiger partial charge in [-0.3, -0.25) is 4.79 Å². The summed E-state index contributed by atoms with van der Waals surface area (Å²) < 4.78 is 47.1. The third-order valence-electron chi connectivity index (χ3n) is 1.95. The standard InChI is InChI=1S/C7H11F2NO3S/c8-7(9)5-14(12,13)10-3-1-2-6(11)4-10/h7H,1-5H2. The molecule has 0 bridgehead atoms. The maximum atomic E-state index is 11.9. The van der Waals surface area contributed by atoms with Crippen LogP contribution in [0.25, 0.3) is 0 Å². The number of carbonyl (C=O) groups excluding carboxylic acids is 1. The number of sulfonamides is 1. The highest BCUT2D eigenvalue weighted by Crippen LogP contribution is 2.13. The van der Waals surface area contributed by atoms with Crippen LogP contribution in [0.15, 0.2) is 0 Å². The fraction of sp³-hybridized carbons (Fsp3) is 0.857. The molecule has 0 aromatic carbocycles. The summed E-state index contributed by atoms with van der Waals surface area (Å²) in [5.74, 6) is -1.41. The molecule has 1 fully saturated rings. The molecule has 0 atom stereocenters. The molecule has 14 heavy (non-hydrogen) atoms. The Bertz CT molecular complexity index is 315. The summed E-state index contributed by atoms with van der Waals surface area (Å²) in [7, 11) is -3.95. The van der Waals surface area contributed by atoms with Gasteiger partial charge in [-0.1, -0.05) is 0 Å². The first-order valence-electron chi connectivity index (χ1n) is 4.19. The Kier molecular flexibility index (Phi) is 3.54. The van der Waals surface area contributed by atoms with Crippen LogP contribution in [0.4, 0.5) is 8.78 Å². The quantitative estimate of drug-likeness (QED) is 0.694. The maximum Gasteiger partial charge on any atom is 0.253 e. The number of ketones is 1. The summed E-state index contributed by atoms with van der Waals surface area (Å²) in [6.07, 6.45) is -2.14. The number of rotatable bonds is 3. The molecule has 1 aliphatic rings. The summed E-state index contributed by atoms with van der Waals surface area (Å²) in [5.41, 5.74) is 0. The lowest BCUT2D eigenvalue weighted by molar-refractivity contribution is -0.120. The summed E-state index contributed by atoms with van der Waals surface area (Å²) in [5, 5.41) is 0. The van der Waals surface area contributed by atoms with Gasteiger partial charge in [0.15, 0.2) is 0 Å². The van der Waals surface area contributed by atoms with Crippen LogP contribution in [0.5, 0.6) is 0 Å². The molecule has 4 nitrogen and oxygen atoms in total. The number of piperidine rings is 1. The van der Waals surface area contributed by atoms with E-state index in [1.54, 1.807) is 0 Å². The third-order valence-corrected chi connectivity index (χ3v) is 3.72. The van der Waals surface area contributed by atoms with Gasteiger partial charge in [0.05, 0.1) is 6.54 Å². The average molecular weight is 227 g/mol. The van der Waals surface area contributed by atoms with Gasteiger partial charge in [-0.25, -0.2) is 17.2 Å². The molecule has 0 aliphatic carbocycles. The molecule has 82 valence electrons. The lowest BCUT2D eigenvalue weighted by Crippen LogP contribution is -2.42. The smallest absolute Gasteiger partial charge is 0.253 e. The van der Waals surface area contributed by atoms with Crippen molar-refractivity contribution in [2.75, 3.05) is 18.8 Å². The second kappa shape index (κ2) is 4.31. The summed E-state index contributed by atoms with van der Waals surface area (Å²) >= 11 is 0. The van der Waals surface area contributed by atoms with Crippen LogP contribution in [0, 0.1) is 0 Å². The van der Waals surface area contributed by atoms with Gasteiger partial charge >= 0.3 is 0 Å². The topological polar surface area (TPSA) is 54.5 Å². The molecule has 1 heterocycles. The molecule has 0 spiro atoms. The zero-order valence-electron chi connectivity index (χ0n) is 7.45. The lowest BCUT2D eigenvalue weighted by Gasteiger charge is -2.24. The Morgan fingerprint density at radius 2 is 2.07 bits per heavy atom. The van der Waals surface area contributed by atoms with Crippen LogP contribution in [-0.2, 0) is 14.8 Å². The van der Waals surface area contributed by atoms with Gasteiger partial charge in [-0.15, -0.1) is 0 Å². The van der Waals surface area contributed by atoms with E-state index in [4.69, 9.17) is 0 Å². The fourth-order valence-corrected chi connectivity index (χ4v) is 2.59. The Labute approximate surface area is 80.9 Å². The van der Waals surface area contributed by atoms with E-state index >= 15 is 0 Å². The third kappa shape index (κ3) is 2.98. The number of hydrogen-bond donors (Lipinski definition) is 0. The molecule has 0 N–H and O–H groups in total. The predicted octanol–water partition coefficient (Wildman–Crippen LogP) is 0.246. The molecule has 1 saturated heterocycles. The average Bonchev–Trinajstić information content (AvgIpc) is 2.01. The van der Waals surface area contributed by atoms with E-state index in [0.29, 0.717) is 12.8 Å². The monoisotopic (exact) mass is 227 g/mol. The van der Waals surface area contributed by atoms with Crippen molar-refractivity contribution < 1.29 is 22.0 Å². The first-order valence-corrected chi connectivity index (χ1v) is 5.80. The zero-order chi connectivity index (χ0) is 10.8. The largest absolute Gasteiger partial charge is 0.298 e. The van der Waals surface area contributed by atoms with Crippen molar-refractivity contribution in [3.63, 3.8) is 0 Å². The minimum Gasteiger partial charge on any atom is -0.298 e. The van der Waals surface area contributed by atoms with Gasteiger partial charge in [-0.2, -0.15) is 4.31 Å². The van der Waals surface area contributed by atoms with Gasteiger partial charge in [0.1, 0.15) is 11.5 Å². The molecule has 7 heteroatoms. The van der Waals surface area contributed by atoms with Crippen molar-refractivity contribution in [2.24, 2.45) is 0 Å². The van der Waals surface area contributed by atoms with Gasteiger partial charge in [-0.05, 0) is 6.42 Å². The first-order chi connectivity index (χ1) is 6.42. The lowest BCUT2D eigenvalue weighted by atomic mass is 10.1. The van der Waals surface area contributed by atoms with E-state index < -0.39 is 22.2 Å². The van der Waals surface area contributed by atoms with E-state index in [1.807, 2.05) is 0 Å². The molecule has 0 aromatic rings. The molecule has 1 rings (SSSR count). The molecular weight excluding hydrogens is 216 g/mol. The normalized spacial score (nSPS) is 20.4. The Morgan fingerprint density at radius 1 is 1.43 bits per heavy atom. The van der Waals surface area contributed by atoms with Gasteiger partial charge < -0.3 is 0 Å². The molecule has 0 aromatic heterocycles. The van der Waals surface area contributed by atoms with E-state index in [0.717, 1.165) is 4.31 Å². The van der Waals surface area contributed by atoms with Crippen molar-refractivity contribution in [1.29, 1.82) is 0 Å². The van der Waals surface area contributed by atoms with Crippen molar-refractivity contribution in [3.05, 3.63) is 0 Å². The molecule has 0 amide bonds. The predicted molar refractivity (Wildman–Crippen MR) is 45.6 cm³/mol. The molecule has 0 saturated carbocycles. The van der Waals surface area contributed by atoms with Crippen LogP contribution in [0.2, 0.25) is 0 Å². The zero-order valence-corrected chi connectivity index (χ0v) is 8.27. The van der Waals surface area contributed by atoms with Crippen LogP contribution < -0.4 is 0 Å². The van der Waals surface area contributed by atoms with Gasteiger partial charge in [0, 0.05) is 13.0 Å². The Morgan fingerprint density at radius 3 is 2.57 bits per heavy atom. The SMILES string of the molecule is O=C1CCCN(S(=O)(=O)CC(F)F)C1. The first kappa shape index (κ1) is 11.5. The number of Topliss-reactive ketones (excluding diaryl/α,β-unsaturated/α-hetero) is 1. The molecule has 0 radical (unpaired) electrons. The minimum absolute atomic E-state index is 0.167. The number of carbonyl (C=O) groups is 1. The fourth-order valence-electron chi connectivity index (χ4n) is 1.31. The summed E-state index contributed by atoms with van der Waals surface area (Å²) in [6, 6.07) is 0. The van der Waals surface area contributed by atoms with E-state index in [1.165, 1.54) is 0 Å². The van der Waals surface area contributed by atoms with Crippen molar-refractivity contribution in [2.45, 2.75) is 19.3 Å². The number of halogens is 2. The molecular formula is C7H11F2NO3S. The van der Waals surface area contributed by atoms with Gasteiger partial charge in [0.2, 0.25) is 10.0 Å². The summed E-state index contributed by atoms with van der Waals surface area (Å²) in [6.45, 7) is -0.0875. The minimum atomic E-state index is -3.95. The van der Waals surface area contributed by atoms with E-state index in [9.17, 15) is 22.0 Å². The Hall–Kier alpha value is -0.560. The number of hydrogen-bond acceptors (Lipinski definition) is 3. The van der Waals surface area contributed by atoms with Crippen molar-refractivity contribution in [3.8, 4) is 0 Å². The maximum absolute atomic E-state index is 11.9. The highest BCUT2D eigenvalue weighted by atomic mass is 32.2.